The van der Waals surface area contributed by atoms with Crippen molar-refractivity contribution in [3.05, 3.63) is 40.9 Å². The first-order chi connectivity index (χ1) is 13.6. The lowest BCUT2D eigenvalue weighted by Crippen LogP contribution is -2.30. The average Bonchev–Trinajstić information content (AvgIpc) is 2.73. The minimum absolute atomic E-state index is 0.278. The summed E-state index contributed by atoms with van der Waals surface area (Å²) < 4.78 is 16.0. The van der Waals surface area contributed by atoms with E-state index in [4.69, 9.17) is 25.8 Å². The molecule has 150 valence electrons. The monoisotopic (exact) mass is 404 g/mol. The van der Waals surface area contributed by atoms with Crippen molar-refractivity contribution in [1.82, 2.24) is 0 Å². The second kappa shape index (κ2) is 9.06. The minimum atomic E-state index is -0.278. The van der Waals surface area contributed by atoms with Gasteiger partial charge in [-0.15, -0.1) is 0 Å². The summed E-state index contributed by atoms with van der Waals surface area (Å²) in [5, 5.41) is 3.56. The fourth-order valence-electron chi connectivity index (χ4n) is 3.43. The van der Waals surface area contributed by atoms with Crippen molar-refractivity contribution >= 4 is 28.9 Å². The zero-order chi connectivity index (χ0) is 20.1. The van der Waals surface area contributed by atoms with Gasteiger partial charge in [0.15, 0.2) is 11.5 Å². The van der Waals surface area contributed by atoms with Gasteiger partial charge < -0.3 is 24.4 Å². The zero-order valence-corrected chi connectivity index (χ0v) is 17.1. The predicted octanol–water partition coefficient (Wildman–Crippen LogP) is 4.61. The Bertz CT molecular complexity index is 825. The van der Waals surface area contributed by atoms with Crippen LogP contribution in [0.4, 0.5) is 11.4 Å². The Kier molecular flexibility index (Phi) is 6.52. The maximum Gasteiger partial charge on any atom is 0.255 e. The van der Waals surface area contributed by atoms with E-state index in [1.165, 1.54) is 27.8 Å². The van der Waals surface area contributed by atoms with Gasteiger partial charge in [-0.2, -0.15) is 0 Å². The highest BCUT2D eigenvalue weighted by Crippen LogP contribution is 2.39. The number of hydrogen-bond acceptors (Lipinski definition) is 5. The molecule has 0 spiro atoms. The molecule has 0 unspecified atom stereocenters. The van der Waals surface area contributed by atoms with Crippen LogP contribution in [0.15, 0.2) is 30.3 Å². The van der Waals surface area contributed by atoms with Gasteiger partial charge in [-0.1, -0.05) is 11.6 Å². The third-order valence-corrected chi connectivity index (χ3v) is 5.07. The van der Waals surface area contributed by atoms with Gasteiger partial charge in [0.1, 0.15) is 0 Å². The van der Waals surface area contributed by atoms with E-state index in [1.54, 1.807) is 18.2 Å². The normalized spacial score (nSPS) is 13.8. The number of piperidine rings is 1. The molecule has 1 amide bonds. The summed E-state index contributed by atoms with van der Waals surface area (Å²) in [7, 11) is 4.56. The standard InChI is InChI=1S/C21H25ClN2O4/c1-26-18-11-14(12-19(27-2)20(18)28-3)21(25)23-16-13-15(22)7-8-17(16)24-9-5-4-6-10-24/h7-8,11-13H,4-6,9-10H2,1-3H3,(H,23,25). The van der Waals surface area contributed by atoms with Gasteiger partial charge in [-0.05, 0) is 49.6 Å². The van der Waals surface area contributed by atoms with Crippen LogP contribution in [-0.4, -0.2) is 40.3 Å². The summed E-state index contributed by atoms with van der Waals surface area (Å²) in [5.74, 6) is 1.02. The van der Waals surface area contributed by atoms with Crippen molar-refractivity contribution in [2.75, 3.05) is 44.6 Å². The number of anilines is 2. The Morgan fingerprint density at radius 3 is 2.18 bits per heavy atom. The molecule has 2 aromatic carbocycles. The van der Waals surface area contributed by atoms with Crippen LogP contribution in [0.2, 0.25) is 5.02 Å². The lowest BCUT2D eigenvalue weighted by molar-refractivity contribution is 0.102. The Morgan fingerprint density at radius 2 is 1.61 bits per heavy atom. The van der Waals surface area contributed by atoms with Crippen molar-refractivity contribution < 1.29 is 19.0 Å². The van der Waals surface area contributed by atoms with Gasteiger partial charge in [-0.25, -0.2) is 0 Å². The average molecular weight is 405 g/mol. The molecule has 0 saturated carbocycles. The number of nitrogens with zero attached hydrogens (tertiary/aromatic N) is 1. The molecule has 0 bridgehead atoms. The summed E-state index contributed by atoms with van der Waals surface area (Å²) in [5.41, 5.74) is 2.07. The van der Waals surface area contributed by atoms with Crippen molar-refractivity contribution in [3.63, 3.8) is 0 Å². The Labute approximate surface area is 170 Å². The van der Waals surface area contributed by atoms with E-state index in [0.717, 1.165) is 31.6 Å². The lowest BCUT2D eigenvalue weighted by atomic mass is 10.1. The van der Waals surface area contributed by atoms with E-state index < -0.39 is 0 Å². The number of methoxy groups -OCH3 is 3. The molecule has 0 atom stereocenters. The third-order valence-electron chi connectivity index (χ3n) is 4.83. The SMILES string of the molecule is COc1cc(C(=O)Nc2cc(Cl)ccc2N2CCCCC2)cc(OC)c1OC. The molecule has 28 heavy (non-hydrogen) atoms. The van der Waals surface area contributed by atoms with Gasteiger partial charge >= 0.3 is 0 Å². The molecule has 6 nitrogen and oxygen atoms in total. The van der Waals surface area contributed by atoms with Crippen LogP contribution in [0.5, 0.6) is 17.2 Å². The summed E-state index contributed by atoms with van der Waals surface area (Å²) in [6.07, 6.45) is 3.52. The molecule has 1 aliphatic heterocycles. The molecule has 1 fully saturated rings. The van der Waals surface area contributed by atoms with Gasteiger partial charge in [-0.3, -0.25) is 4.79 Å². The van der Waals surface area contributed by atoms with E-state index in [1.807, 2.05) is 12.1 Å². The zero-order valence-electron chi connectivity index (χ0n) is 16.4. The summed E-state index contributed by atoms with van der Waals surface area (Å²) in [4.78, 5) is 15.3. The smallest absolute Gasteiger partial charge is 0.255 e. The van der Waals surface area contributed by atoms with Crippen LogP contribution >= 0.6 is 11.6 Å². The minimum Gasteiger partial charge on any atom is -0.493 e. The van der Waals surface area contributed by atoms with E-state index in [2.05, 4.69) is 10.2 Å². The second-order valence-corrected chi connectivity index (χ2v) is 7.01. The van der Waals surface area contributed by atoms with Gasteiger partial charge in [0, 0.05) is 23.7 Å². The number of amides is 1. The van der Waals surface area contributed by atoms with E-state index >= 15 is 0 Å². The number of hydrogen-bond donors (Lipinski definition) is 1. The highest BCUT2D eigenvalue weighted by Gasteiger charge is 2.20. The topological polar surface area (TPSA) is 60.0 Å². The molecular formula is C21H25ClN2O4. The van der Waals surface area contributed by atoms with Gasteiger partial charge in [0.05, 0.1) is 32.7 Å². The first-order valence-corrected chi connectivity index (χ1v) is 9.61. The number of carbonyl (C=O) groups is 1. The number of benzene rings is 2. The first-order valence-electron chi connectivity index (χ1n) is 9.23. The second-order valence-electron chi connectivity index (χ2n) is 6.58. The van der Waals surface area contributed by atoms with Crippen molar-refractivity contribution in [1.29, 1.82) is 0 Å². The van der Waals surface area contributed by atoms with Gasteiger partial charge in [0.25, 0.3) is 5.91 Å². The number of nitrogens with one attached hydrogen (secondary N) is 1. The largest absolute Gasteiger partial charge is 0.493 e. The van der Waals surface area contributed by atoms with Crippen LogP contribution in [0.25, 0.3) is 0 Å². The quantitative estimate of drug-likeness (QED) is 0.761. The summed E-state index contributed by atoms with van der Waals surface area (Å²) >= 11 is 6.19. The summed E-state index contributed by atoms with van der Waals surface area (Å²) in [6, 6.07) is 8.84. The molecule has 2 aromatic rings. The van der Waals surface area contributed by atoms with E-state index in [9.17, 15) is 4.79 Å². The number of rotatable bonds is 6. The van der Waals surface area contributed by atoms with E-state index in [0.29, 0.717) is 33.5 Å². The number of carbonyl (C=O) groups excluding carboxylic acids is 1. The highest BCUT2D eigenvalue weighted by molar-refractivity contribution is 6.31. The molecule has 1 N–H and O–H groups in total. The molecule has 0 aromatic heterocycles. The molecule has 1 aliphatic rings. The maximum absolute atomic E-state index is 13.0. The molecule has 1 heterocycles. The highest BCUT2D eigenvalue weighted by atomic mass is 35.5. The first kappa shape index (κ1) is 20.1. The molecule has 3 rings (SSSR count). The van der Waals surface area contributed by atoms with Gasteiger partial charge in [0.2, 0.25) is 5.75 Å². The van der Waals surface area contributed by atoms with Crippen LogP contribution in [0.3, 0.4) is 0 Å². The van der Waals surface area contributed by atoms with Crippen LogP contribution in [0, 0.1) is 0 Å². The van der Waals surface area contributed by atoms with Crippen LogP contribution in [-0.2, 0) is 0 Å². The van der Waals surface area contributed by atoms with Crippen LogP contribution < -0.4 is 24.4 Å². The Balaban J connectivity index is 1.92. The number of halogens is 1. The van der Waals surface area contributed by atoms with Crippen molar-refractivity contribution in [2.24, 2.45) is 0 Å². The Morgan fingerprint density at radius 1 is 0.964 bits per heavy atom. The summed E-state index contributed by atoms with van der Waals surface area (Å²) in [6.45, 7) is 1.93. The van der Waals surface area contributed by atoms with Crippen molar-refractivity contribution in [2.45, 2.75) is 19.3 Å². The maximum atomic E-state index is 13.0. The molecule has 7 heteroatoms. The van der Waals surface area contributed by atoms with Crippen molar-refractivity contribution in [3.8, 4) is 17.2 Å². The number of ether oxygens (including phenoxy) is 3. The fraction of sp³-hybridized carbons (Fsp3) is 0.381. The van der Waals surface area contributed by atoms with Crippen LogP contribution in [0.1, 0.15) is 29.6 Å². The molecule has 0 aliphatic carbocycles. The van der Waals surface area contributed by atoms with E-state index in [-0.39, 0.29) is 5.91 Å². The molecule has 0 radical (unpaired) electrons. The predicted molar refractivity (Wildman–Crippen MR) is 112 cm³/mol. The molecular weight excluding hydrogens is 380 g/mol. The lowest BCUT2D eigenvalue weighted by Gasteiger charge is -2.30. The molecule has 1 saturated heterocycles. The third kappa shape index (κ3) is 4.28. The Hall–Kier alpha value is -2.60. The fourth-order valence-corrected chi connectivity index (χ4v) is 3.60.